The molecule has 2 heterocycles. The van der Waals surface area contributed by atoms with Crippen LogP contribution in [0.1, 0.15) is 25.3 Å². The number of rotatable bonds is 8. The minimum Gasteiger partial charge on any atom is -0.492 e. The van der Waals surface area contributed by atoms with Crippen LogP contribution < -0.4 is 15.4 Å². The van der Waals surface area contributed by atoms with Crippen molar-refractivity contribution in [2.45, 2.75) is 32.4 Å². The molecule has 0 bridgehead atoms. The quantitative estimate of drug-likeness (QED) is 0.280. The van der Waals surface area contributed by atoms with Crippen molar-refractivity contribution < 1.29 is 19.0 Å². The molecule has 1 amide bonds. The average molecular weight is 575 g/mol. The molecule has 2 saturated heterocycles. The highest BCUT2D eigenvalue weighted by Crippen LogP contribution is 2.18. The van der Waals surface area contributed by atoms with Crippen LogP contribution in [0.5, 0.6) is 5.75 Å². The van der Waals surface area contributed by atoms with Gasteiger partial charge >= 0.3 is 6.09 Å². The van der Waals surface area contributed by atoms with Crippen molar-refractivity contribution in [2.75, 3.05) is 66.2 Å². The fourth-order valence-electron chi connectivity index (χ4n) is 3.89. The van der Waals surface area contributed by atoms with Crippen molar-refractivity contribution in [3.8, 4) is 5.75 Å². The number of piperidine rings is 1. The van der Waals surface area contributed by atoms with Crippen LogP contribution in [0.2, 0.25) is 0 Å². The number of hydrogen-bond acceptors (Lipinski definition) is 6. The number of carbonyl (C=O) groups is 1. The molecule has 0 saturated carbocycles. The van der Waals surface area contributed by atoms with Gasteiger partial charge < -0.3 is 29.7 Å². The summed E-state index contributed by atoms with van der Waals surface area (Å²) in [5, 5.41) is 6.87. The molecule has 186 valence electrons. The van der Waals surface area contributed by atoms with Crippen molar-refractivity contribution in [1.82, 2.24) is 20.4 Å². The second-order valence-corrected chi connectivity index (χ2v) is 7.94. The number of halogens is 1. The van der Waals surface area contributed by atoms with Crippen LogP contribution >= 0.6 is 24.0 Å². The van der Waals surface area contributed by atoms with Gasteiger partial charge in [-0.25, -0.2) is 4.79 Å². The number of hydrogen-bond donors (Lipinski definition) is 2. The number of aliphatic imine (C=N–C) groups is 1. The van der Waals surface area contributed by atoms with E-state index in [0.29, 0.717) is 32.8 Å². The van der Waals surface area contributed by atoms with Crippen LogP contribution in [0.15, 0.2) is 29.3 Å². The topological polar surface area (TPSA) is 87.7 Å². The highest BCUT2D eigenvalue weighted by molar-refractivity contribution is 14.0. The first kappa shape index (κ1) is 27.5. The Hall–Kier alpha value is -1.79. The lowest BCUT2D eigenvalue weighted by atomic mass is 10.1. The van der Waals surface area contributed by atoms with Gasteiger partial charge in [-0.15, -0.1) is 24.0 Å². The summed E-state index contributed by atoms with van der Waals surface area (Å²) in [5.41, 5.74) is 1.09. The van der Waals surface area contributed by atoms with Gasteiger partial charge in [-0.1, -0.05) is 18.2 Å². The molecule has 0 spiro atoms. The summed E-state index contributed by atoms with van der Waals surface area (Å²) in [4.78, 5) is 20.4. The standard InChI is InChI=1S/C23H37N5O4.HI/c1-3-31-23(29)28-10-8-20(9-11-28)26-22(24-2)25-18-19-6-4-5-7-21(19)32-17-14-27-12-15-30-16-13-27;/h4-7,20H,3,8-18H2,1-2H3,(H2,24,25,26);1H. The molecule has 0 radical (unpaired) electrons. The Labute approximate surface area is 214 Å². The Morgan fingerprint density at radius 1 is 1.18 bits per heavy atom. The van der Waals surface area contributed by atoms with Gasteiger partial charge in [-0.2, -0.15) is 0 Å². The second-order valence-electron chi connectivity index (χ2n) is 7.94. The summed E-state index contributed by atoms with van der Waals surface area (Å²) in [6, 6.07) is 8.37. The van der Waals surface area contributed by atoms with E-state index in [0.717, 1.165) is 63.0 Å². The van der Waals surface area contributed by atoms with E-state index in [-0.39, 0.29) is 36.1 Å². The van der Waals surface area contributed by atoms with Gasteiger partial charge in [0.05, 0.1) is 19.8 Å². The Morgan fingerprint density at radius 2 is 1.91 bits per heavy atom. The molecule has 9 nitrogen and oxygen atoms in total. The minimum absolute atomic E-state index is 0. The molecule has 33 heavy (non-hydrogen) atoms. The maximum Gasteiger partial charge on any atom is 0.409 e. The lowest BCUT2D eigenvalue weighted by molar-refractivity contribution is 0.0322. The van der Waals surface area contributed by atoms with Crippen molar-refractivity contribution >= 4 is 36.0 Å². The van der Waals surface area contributed by atoms with E-state index in [1.165, 1.54) is 0 Å². The zero-order chi connectivity index (χ0) is 22.6. The number of carbonyl (C=O) groups excluding carboxylic acids is 1. The van der Waals surface area contributed by atoms with Gasteiger partial charge in [0.15, 0.2) is 5.96 Å². The smallest absolute Gasteiger partial charge is 0.409 e. The summed E-state index contributed by atoms with van der Waals surface area (Å²) in [7, 11) is 1.77. The van der Waals surface area contributed by atoms with E-state index >= 15 is 0 Å². The molecular weight excluding hydrogens is 537 g/mol. The molecule has 2 N–H and O–H groups in total. The molecule has 0 atom stereocenters. The Bertz CT molecular complexity index is 737. The second kappa shape index (κ2) is 15.2. The van der Waals surface area contributed by atoms with Gasteiger partial charge in [0.2, 0.25) is 0 Å². The van der Waals surface area contributed by atoms with E-state index in [1.807, 2.05) is 25.1 Å². The van der Waals surface area contributed by atoms with Crippen LogP contribution in [0.3, 0.4) is 0 Å². The fourth-order valence-corrected chi connectivity index (χ4v) is 3.89. The number of likely N-dealkylation sites (tertiary alicyclic amines) is 1. The third-order valence-electron chi connectivity index (χ3n) is 5.77. The summed E-state index contributed by atoms with van der Waals surface area (Å²) in [5.74, 6) is 1.65. The lowest BCUT2D eigenvalue weighted by Gasteiger charge is -2.32. The summed E-state index contributed by atoms with van der Waals surface area (Å²) in [6.45, 7) is 9.32. The fraction of sp³-hybridized carbons (Fsp3) is 0.652. The van der Waals surface area contributed by atoms with E-state index in [4.69, 9.17) is 14.2 Å². The highest BCUT2D eigenvalue weighted by Gasteiger charge is 2.24. The van der Waals surface area contributed by atoms with Crippen LogP contribution in [0.4, 0.5) is 4.79 Å². The number of ether oxygens (including phenoxy) is 3. The first-order chi connectivity index (χ1) is 15.7. The monoisotopic (exact) mass is 575 g/mol. The SMILES string of the molecule is CCOC(=O)N1CCC(NC(=NC)NCc2ccccc2OCCN2CCOCC2)CC1.I. The molecule has 1 aromatic carbocycles. The Kier molecular flexibility index (Phi) is 12.6. The predicted octanol–water partition coefficient (Wildman–Crippen LogP) is 2.30. The highest BCUT2D eigenvalue weighted by atomic mass is 127. The molecule has 2 aliphatic rings. The molecule has 3 rings (SSSR count). The van der Waals surface area contributed by atoms with Gasteiger partial charge in [0.25, 0.3) is 0 Å². The number of nitrogens with one attached hydrogen (secondary N) is 2. The number of para-hydroxylation sites is 1. The molecule has 10 heteroatoms. The molecule has 2 aliphatic heterocycles. The molecule has 1 aromatic rings. The van der Waals surface area contributed by atoms with Crippen molar-refractivity contribution in [2.24, 2.45) is 4.99 Å². The van der Waals surface area contributed by atoms with Crippen LogP contribution in [-0.4, -0.2) is 94.1 Å². The number of amides is 1. The lowest BCUT2D eigenvalue weighted by Crippen LogP contribution is -2.49. The zero-order valence-electron chi connectivity index (χ0n) is 19.8. The van der Waals surface area contributed by atoms with Gasteiger partial charge in [0, 0.05) is 57.9 Å². The van der Waals surface area contributed by atoms with Crippen molar-refractivity contribution in [3.63, 3.8) is 0 Å². The number of morpholine rings is 1. The maximum absolute atomic E-state index is 11.9. The van der Waals surface area contributed by atoms with Crippen LogP contribution in [0, 0.1) is 0 Å². The molecule has 0 aromatic heterocycles. The van der Waals surface area contributed by atoms with Crippen LogP contribution in [-0.2, 0) is 16.0 Å². The molecular formula is C23H38IN5O4. The zero-order valence-corrected chi connectivity index (χ0v) is 22.1. The average Bonchev–Trinajstić information content (AvgIpc) is 2.83. The van der Waals surface area contributed by atoms with Crippen LogP contribution in [0.25, 0.3) is 0 Å². The van der Waals surface area contributed by atoms with Gasteiger partial charge in [-0.3, -0.25) is 9.89 Å². The predicted molar refractivity (Wildman–Crippen MR) is 140 cm³/mol. The molecule has 0 unspecified atom stereocenters. The van der Waals surface area contributed by atoms with E-state index in [9.17, 15) is 4.79 Å². The number of guanidine groups is 1. The minimum atomic E-state index is -0.223. The summed E-state index contributed by atoms with van der Waals surface area (Å²) >= 11 is 0. The molecule has 2 fully saturated rings. The first-order valence-corrected chi connectivity index (χ1v) is 11.6. The van der Waals surface area contributed by atoms with E-state index in [2.05, 4.69) is 26.6 Å². The maximum atomic E-state index is 11.9. The Balaban J connectivity index is 0.00000385. The summed E-state index contributed by atoms with van der Waals surface area (Å²) < 4.78 is 16.6. The normalized spacial score (nSPS) is 17.8. The van der Waals surface area contributed by atoms with E-state index in [1.54, 1.807) is 11.9 Å². The third-order valence-corrected chi connectivity index (χ3v) is 5.77. The summed E-state index contributed by atoms with van der Waals surface area (Å²) in [6.07, 6.45) is 1.50. The van der Waals surface area contributed by atoms with Crippen molar-refractivity contribution in [1.29, 1.82) is 0 Å². The largest absolute Gasteiger partial charge is 0.492 e. The molecule has 0 aliphatic carbocycles. The Morgan fingerprint density at radius 3 is 2.61 bits per heavy atom. The van der Waals surface area contributed by atoms with Crippen molar-refractivity contribution in [3.05, 3.63) is 29.8 Å². The van der Waals surface area contributed by atoms with Gasteiger partial charge in [-0.05, 0) is 25.8 Å². The van der Waals surface area contributed by atoms with Gasteiger partial charge in [0.1, 0.15) is 12.4 Å². The number of benzene rings is 1. The first-order valence-electron chi connectivity index (χ1n) is 11.6. The number of nitrogens with zero attached hydrogens (tertiary/aromatic N) is 3. The third kappa shape index (κ3) is 9.17. The van der Waals surface area contributed by atoms with E-state index < -0.39 is 0 Å².